The summed E-state index contributed by atoms with van der Waals surface area (Å²) in [6, 6.07) is 22.5. The van der Waals surface area contributed by atoms with Gasteiger partial charge in [0.1, 0.15) is 25.9 Å². The Kier molecular flexibility index (Phi) is 16.3. The third kappa shape index (κ3) is 12.4. The van der Waals surface area contributed by atoms with Crippen molar-refractivity contribution in [3.63, 3.8) is 0 Å². The number of imide groups is 1. The summed E-state index contributed by atoms with van der Waals surface area (Å²) < 4.78 is 16.2. The van der Waals surface area contributed by atoms with Gasteiger partial charge >= 0.3 is 24.1 Å². The fourth-order valence-electron chi connectivity index (χ4n) is 5.45. The smallest absolute Gasteiger partial charge is 0.418 e. The molecule has 0 saturated carbocycles. The van der Waals surface area contributed by atoms with Crippen LogP contribution in [0, 0.1) is 11.3 Å². The topological polar surface area (TPSA) is 245 Å². The monoisotopic (exact) mass is 760 g/mol. The van der Waals surface area contributed by atoms with Crippen LogP contribution in [0.1, 0.15) is 56.7 Å². The number of nitrogens with zero attached hydrogens (tertiary/aromatic N) is 2. The molecular formula is C39H48N6O10. The Labute approximate surface area is 319 Å². The zero-order valence-electron chi connectivity index (χ0n) is 31.0. The molecule has 0 unspecified atom stereocenters. The second-order valence-corrected chi connectivity index (χ2v) is 13.1. The van der Waals surface area contributed by atoms with E-state index < -0.39 is 92.1 Å². The molecule has 3 aromatic carbocycles. The molecule has 294 valence electrons. The highest BCUT2D eigenvalue weighted by Crippen LogP contribution is 2.29. The molecule has 55 heavy (non-hydrogen) atoms. The molecule has 0 aromatic heterocycles. The number of nitrogens with one attached hydrogen (secondary N) is 2. The van der Waals surface area contributed by atoms with E-state index >= 15 is 0 Å². The quantitative estimate of drug-likeness (QED) is 0.0407. The number of esters is 1. The van der Waals surface area contributed by atoms with Crippen LogP contribution < -0.4 is 16.8 Å². The Morgan fingerprint density at radius 3 is 1.65 bits per heavy atom. The first-order valence-electron chi connectivity index (χ1n) is 17.5. The summed E-state index contributed by atoms with van der Waals surface area (Å²) >= 11 is 0. The fraction of sp³-hybridized carbons (Fsp3) is 0.359. The van der Waals surface area contributed by atoms with Crippen LogP contribution in [0.25, 0.3) is 0 Å². The average molecular weight is 761 g/mol. The first kappa shape index (κ1) is 43.1. The van der Waals surface area contributed by atoms with Crippen LogP contribution >= 0.6 is 0 Å². The van der Waals surface area contributed by atoms with Gasteiger partial charge in [0.2, 0.25) is 11.4 Å². The van der Waals surface area contributed by atoms with E-state index in [9.17, 15) is 33.9 Å². The Bertz CT molecular complexity index is 1780. The van der Waals surface area contributed by atoms with E-state index in [2.05, 4.69) is 5.32 Å². The lowest BCUT2D eigenvalue weighted by Gasteiger charge is -2.38. The minimum atomic E-state index is -3.13. The minimum absolute atomic E-state index is 0.0143. The van der Waals surface area contributed by atoms with Crippen molar-refractivity contribution in [3.05, 3.63) is 108 Å². The van der Waals surface area contributed by atoms with Crippen LogP contribution in [0.2, 0.25) is 0 Å². The van der Waals surface area contributed by atoms with Crippen molar-refractivity contribution in [3.8, 4) is 0 Å². The number of aliphatic carboxylic acids is 1. The fourth-order valence-corrected chi connectivity index (χ4v) is 5.45. The zero-order valence-corrected chi connectivity index (χ0v) is 31.0. The first-order chi connectivity index (χ1) is 26.2. The Morgan fingerprint density at radius 2 is 1.22 bits per heavy atom. The van der Waals surface area contributed by atoms with Gasteiger partial charge in [-0.15, -0.1) is 0 Å². The van der Waals surface area contributed by atoms with Crippen LogP contribution in [0.3, 0.4) is 0 Å². The van der Waals surface area contributed by atoms with Crippen LogP contribution in [0.4, 0.5) is 9.59 Å². The Hall–Kier alpha value is -6.29. The molecule has 4 amide bonds. The number of guanidine groups is 1. The van der Waals surface area contributed by atoms with Gasteiger partial charge in [-0.25, -0.2) is 29.0 Å². The molecule has 7 N–H and O–H groups in total. The normalized spacial score (nSPS) is 13.0. The summed E-state index contributed by atoms with van der Waals surface area (Å²) in [6.45, 7) is 3.34. The minimum Gasteiger partial charge on any atom is -0.479 e. The van der Waals surface area contributed by atoms with Gasteiger partial charge in [0.15, 0.2) is 5.96 Å². The lowest BCUT2D eigenvalue weighted by atomic mass is 9.90. The van der Waals surface area contributed by atoms with E-state index in [0.717, 1.165) is 0 Å². The van der Waals surface area contributed by atoms with Crippen molar-refractivity contribution < 1.29 is 48.1 Å². The molecule has 3 atom stereocenters. The molecule has 0 saturated heterocycles. The van der Waals surface area contributed by atoms with Gasteiger partial charge in [0.25, 0.3) is 5.91 Å². The number of carboxylic acid groups (broad SMARTS) is 1. The highest BCUT2D eigenvalue weighted by molar-refractivity contribution is 6.12. The highest BCUT2D eigenvalue weighted by atomic mass is 16.6. The van der Waals surface area contributed by atoms with Crippen molar-refractivity contribution >= 4 is 41.9 Å². The predicted octanol–water partition coefficient (Wildman–Crippen LogP) is 3.91. The van der Waals surface area contributed by atoms with Gasteiger partial charge in [0, 0.05) is 6.54 Å². The number of carbonyl (C=O) groups is 6. The molecule has 0 aliphatic carbocycles. The Balaban J connectivity index is 2.03. The van der Waals surface area contributed by atoms with Crippen molar-refractivity contribution in [1.29, 1.82) is 5.41 Å². The third-order valence-corrected chi connectivity index (χ3v) is 8.32. The number of carbonyl (C=O) groups excluding carboxylic acids is 5. The van der Waals surface area contributed by atoms with Crippen molar-refractivity contribution in [2.75, 3.05) is 6.54 Å². The second-order valence-electron chi connectivity index (χ2n) is 13.1. The maximum atomic E-state index is 14.3. The maximum Gasteiger partial charge on any atom is 0.418 e. The molecule has 0 aliphatic heterocycles. The van der Waals surface area contributed by atoms with Crippen LogP contribution in [0.5, 0.6) is 0 Å². The largest absolute Gasteiger partial charge is 0.479 e. The standard InChI is InChI=1S/C39H48N6O10/c1-26(2)22-31(40)32(46)43-27(3)33(47)45(38(52)55-25-30-18-11-6-12-19-30)39(34(48)49,35(50)53-23-28-14-7-4-8-15-28)20-13-21-44(36(41)42)37(51)54-24-29-16-9-5-10-17-29/h4-12,14-19,26-27,31H,13,20-25,40H2,1-3H3,(H3,41,42)(H,43,46)(H,48,49)/t27-,31-,39-/m0/s1. The SMILES string of the molecule is CC(C)C[C@H](N)C(=O)N[C@@H](C)C(=O)N(C(=O)OCc1ccccc1)[C@@](CCCN(C(=N)N)C(=O)OCc1ccccc1)(C(=O)O)C(=O)OCc1ccccc1. The molecule has 0 spiro atoms. The summed E-state index contributed by atoms with van der Waals surface area (Å²) in [7, 11) is 0. The lowest BCUT2D eigenvalue weighted by Crippen LogP contribution is -2.67. The van der Waals surface area contributed by atoms with Gasteiger partial charge < -0.3 is 36.1 Å². The number of amides is 4. The molecule has 0 radical (unpaired) electrons. The van der Waals surface area contributed by atoms with Gasteiger partial charge in [-0.2, -0.15) is 0 Å². The summed E-state index contributed by atoms with van der Waals surface area (Å²) in [4.78, 5) is 82.8. The van der Waals surface area contributed by atoms with E-state index in [1.54, 1.807) is 91.0 Å². The van der Waals surface area contributed by atoms with Crippen LogP contribution in [-0.4, -0.2) is 81.0 Å². The third-order valence-electron chi connectivity index (χ3n) is 8.32. The lowest BCUT2D eigenvalue weighted by molar-refractivity contribution is -0.176. The highest BCUT2D eigenvalue weighted by Gasteiger charge is 2.59. The van der Waals surface area contributed by atoms with Crippen LogP contribution in [0.15, 0.2) is 91.0 Å². The first-order valence-corrected chi connectivity index (χ1v) is 17.5. The van der Waals surface area contributed by atoms with Crippen molar-refractivity contribution in [2.45, 2.75) is 77.5 Å². The van der Waals surface area contributed by atoms with Gasteiger partial charge in [-0.3, -0.25) is 15.0 Å². The molecule has 0 bridgehead atoms. The molecular weight excluding hydrogens is 712 g/mol. The number of hydrogen-bond donors (Lipinski definition) is 5. The summed E-state index contributed by atoms with van der Waals surface area (Å²) in [5, 5.41) is 21.3. The van der Waals surface area contributed by atoms with E-state index in [1.807, 2.05) is 13.8 Å². The van der Waals surface area contributed by atoms with Gasteiger partial charge in [-0.1, -0.05) is 105 Å². The molecule has 3 aromatic rings. The van der Waals surface area contributed by atoms with Gasteiger partial charge in [0.05, 0.1) is 6.04 Å². The average Bonchev–Trinajstić information content (AvgIpc) is 3.16. The molecule has 3 rings (SSSR count). The van der Waals surface area contributed by atoms with Gasteiger partial charge in [-0.05, 0) is 48.8 Å². The van der Waals surface area contributed by atoms with E-state index in [0.29, 0.717) is 21.6 Å². The molecule has 0 aliphatic rings. The Morgan fingerprint density at radius 1 is 0.764 bits per heavy atom. The van der Waals surface area contributed by atoms with Crippen LogP contribution in [-0.2, 0) is 53.2 Å². The molecule has 0 fully saturated rings. The maximum absolute atomic E-state index is 14.3. The summed E-state index contributed by atoms with van der Waals surface area (Å²) in [6.07, 6.45) is -3.63. The molecule has 0 heterocycles. The number of benzene rings is 3. The predicted molar refractivity (Wildman–Crippen MR) is 200 cm³/mol. The summed E-state index contributed by atoms with van der Waals surface area (Å²) in [5.74, 6) is -6.33. The van der Waals surface area contributed by atoms with E-state index in [4.69, 9.17) is 31.1 Å². The zero-order chi connectivity index (χ0) is 40.5. The number of rotatable bonds is 18. The van der Waals surface area contributed by atoms with Crippen molar-refractivity contribution in [1.82, 2.24) is 15.1 Å². The number of hydrogen-bond acceptors (Lipinski definition) is 11. The number of carboxylic acids is 1. The number of nitrogens with two attached hydrogens (primary N) is 2. The summed E-state index contributed by atoms with van der Waals surface area (Å²) in [5.41, 5.74) is 10.2. The second kappa shape index (κ2) is 20.8. The number of ether oxygens (including phenoxy) is 3. The molecule has 16 nitrogen and oxygen atoms in total. The van der Waals surface area contributed by atoms with Crippen molar-refractivity contribution in [2.24, 2.45) is 17.4 Å². The molecule has 16 heteroatoms. The van der Waals surface area contributed by atoms with E-state index in [-0.39, 0.29) is 23.8 Å². The van der Waals surface area contributed by atoms with E-state index in [1.165, 1.54) is 6.92 Å².